The molecule has 0 radical (unpaired) electrons. The Morgan fingerprint density at radius 2 is 1.94 bits per heavy atom. The normalized spacial score (nSPS) is 19.6. The lowest BCUT2D eigenvalue weighted by molar-refractivity contribution is -0.141. The number of aliphatic carboxylic acids is 1. The van der Waals surface area contributed by atoms with Gasteiger partial charge in [-0.3, -0.25) is 9.36 Å². The van der Waals surface area contributed by atoms with Crippen molar-refractivity contribution >= 4 is 17.6 Å². The third kappa shape index (κ3) is 3.49. The second-order valence-electron chi connectivity index (χ2n) is 7.91. The summed E-state index contributed by atoms with van der Waals surface area (Å²) in [6, 6.07) is 11.1. The molecule has 2 atom stereocenters. The summed E-state index contributed by atoms with van der Waals surface area (Å²) >= 11 is 6.41. The van der Waals surface area contributed by atoms with Crippen LogP contribution < -0.4 is 9.47 Å². The van der Waals surface area contributed by atoms with Gasteiger partial charge in [-0.1, -0.05) is 23.7 Å². The molecule has 0 amide bonds. The molecule has 1 fully saturated rings. The van der Waals surface area contributed by atoms with Gasteiger partial charge in [0, 0.05) is 22.1 Å². The van der Waals surface area contributed by atoms with Crippen LogP contribution in [0.15, 0.2) is 36.4 Å². The van der Waals surface area contributed by atoms with Crippen molar-refractivity contribution in [3.63, 3.8) is 0 Å². The van der Waals surface area contributed by atoms with Crippen LogP contribution in [0.5, 0.6) is 11.5 Å². The zero-order valence-electron chi connectivity index (χ0n) is 17.6. The van der Waals surface area contributed by atoms with Gasteiger partial charge >= 0.3 is 5.97 Å². The fraction of sp³-hybridized carbons (Fsp3) is 0.348. The van der Waals surface area contributed by atoms with E-state index < -0.39 is 18.2 Å². The SMILES string of the molecule is COc1cccc(C2OC(CC(=O)O)c3nnc(C4CC4)n3-c3ccc(Cl)cc32)c1OC. The number of hydrogen-bond acceptors (Lipinski definition) is 6. The summed E-state index contributed by atoms with van der Waals surface area (Å²) in [7, 11) is 3.13. The first-order valence-electron chi connectivity index (χ1n) is 10.3. The molecule has 1 N–H and O–H groups in total. The number of benzene rings is 2. The molecule has 2 unspecified atom stereocenters. The fourth-order valence-corrected chi connectivity index (χ4v) is 4.45. The zero-order chi connectivity index (χ0) is 22.4. The van der Waals surface area contributed by atoms with Crippen LogP contribution in [-0.2, 0) is 9.53 Å². The molecule has 166 valence electrons. The maximum absolute atomic E-state index is 11.7. The zero-order valence-corrected chi connectivity index (χ0v) is 18.4. The van der Waals surface area contributed by atoms with Gasteiger partial charge in [-0.2, -0.15) is 0 Å². The summed E-state index contributed by atoms with van der Waals surface area (Å²) < 4.78 is 19.6. The van der Waals surface area contributed by atoms with Crippen molar-refractivity contribution in [2.45, 2.75) is 37.4 Å². The molecular weight excluding hydrogens is 434 g/mol. The van der Waals surface area contributed by atoms with Gasteiger partial charge in [0.05, 0.1) is 26.3 Å². The fourth-order valence-electron chi connectivity index (χ4n) is 4.26. The number of carboxylic acids is 1. The Kier molecular flexibility index (Phi) is 5.27. The third-order valence-corrected chi connectivity index (χ3v) is 6.07. The number of methoxy groups -OCH3 is 2. The number of hydrogen-bond donors (Lipinski definition) is 1. The van der Waals surface area contributed by atoms with E-state index >= 15 is 0 Å². The average molecular weight is 456 g/mol. The minimum atomic E-state index is -0.988. The Morgan fingerprint density at radius 3 is 2.62 bits per heavy atom. The van der Waals surface area contributed by atoms with Crippen molar-refractivity contribution in [3.8, 4) is 17.2 Å². The maximum Gasteiger partial charge on any atom is 0.306 e. The summed E-state index contributed by atoms with van der Waals surface area (Å²) in [6.45, 7) is 0. The molecule has 0 bridgehead atoms. The largest absolute Gasteiger partial charge is 0.493 e. The molecular formula is C23H22ClN3O5. The first-order chi connectivity index (χ1) is 15.5. The molecule has 1 aromatic heterocycles. The summed E-state index contributed by atoms with van der Waals surface area (Å²) in [5, 5.41) is 18.9. The summed E-state index contributed by atoms with van der Waals surface area (Å²) in [5.74, 6) is 1.67. The monoisotopic (exact) mass is 455 g/mol. The minimum Gasteiger partial charge on any atom is -0.493 e. The molecule has 5 rings (SSSR count). The van der Waals surface area contributed by atoms with E-state index in [2.05, 4.69) is 10.2 Å². The Labute approximate surface area is 189 Å². The van der Waals surface area contributed by atoms with E-state index in [-0.39, 0.29) is 6.42 Å². The number of para-hydroxylation sites is 1. The topological polar surface area (TPSA) is 95.7 Å². The van der Waals surface area contributed by atoms with Crippen molar-refractivity contribution in [2.75, 3.05) is 14.2 Å². The lowest BCUT2D eigenvalue weighted by atomic mass is 9.98. The van der Waals surface area contributed by atoms with Crippen molar-refractivity contribution in [3.05, 3.63) is 64.2 Å². The molecule has 2 aliphatic rings. The molecule has 1 saturated carbocycles. The van der Waals surface area contributed by atoms with E-state index in [0.29, 0.717) is 33.8 Å². The van der Waals surface area contributed by atoms with E-state index in [1.165, 1.54) is 0 Å². The smallest absolute Gasteiger partial charge is 0.306 e. The van der Waals surface area contributed by atoms with Gasteiger partial charge in [0.25, 0.3) is 0 Å². The third-order valence-electron chi connectivity index (χ3n) is 5.83. The molecule has 3 aromatic rings. The number of rotatable bonds is 6. The van der Waals surface area contributed by atoms with Crippen molar-refractivity contribution in [1.82, 2.24) is 14.8 Å². The van der Waals surface area contributed by atoms with Crippen LogP contribution in [0.25, 0.3) is 5.69 Å². The molecule has 9 heteroatoms. The highest BCUT2D eigenvalue weighted by Crippen LogP contribution is 2.48. The number of nitrogens with zero attached hydrogens (tertiary/aromatic N) is 3. The number of halogens is 1. The number of carboxylic acid groups (broad SMARTS) is 1. The molecule has 1 aliphatic heterocycles. The van der Waals surface area contributed by atoms with Crippen LogP contribution in [0.4, 0.5) is 0 Å². The van der Waals surface area contributed by atoms with Crippen LogP contribution in [0.3, 0.4) is 0 Å². The number of aromatic nitrogens is 3. The highest BCUT2D eigenvalue weighted by Gasteiger charge is 2.39. The second-order valence-corrected chi connectivity index (χ2v) is 8.35. The van der Waals surface area contributed by atoms with Crippen LogP contribution in [-0.4, -0.2) is 40.1 Å². The standard InChI is InChI=1S/C23H22ClN3O5/c1-30-17-5-3-4-14(21(17)31-2)20-15-10-13(24)8-9-16(15)27-22(12-6-7-12)25-26-23(27)18(32-20)11-19(28)29/h3-5,8-10,12,18,20H,6-7,11H2,1-2H3,(H,28,29). The lowest BCUT2D eigenvalue weighted by Crippen LogP contribution is -2.15. The van der Waals surface area contributed by atoms with Crippen LogP contribution in [0.1, 0.15) is 60.2 Å². The van der Waals surface area contributed by atoms with Crippen molar-refractivity contribution in [1.29, 1.82) is 0 Å². The molecule has 0 spiro atoms. The quantitative estimate of drug-likeness (QED) is 0.586. The van der Waals surface area contributed by atoms with Crippen molar-refractivity contribution in [2.24, 2.45) is 0 Å². The van der Waals surface area contributed by atoms with Gasteiger partial charge in [0.15, 0.2) is 17.3 Å². The summed E-state index contributed by atoms with van der Waals surface area (Å²) in [4.78, 5) is 11.7. The minimum absolute atomic E-state index is 0.257. The van der Waals surface area contributed by atoms with Gasteiger partial charge in [0.1, 0.15) is 18.0 Å². The number of fused-ring (bicyclic) bond motifs is 3. The predicted molar refractivity (Wildman–Crippen MR) is 116 cm³/mol. The highest BCUT2D eigenvalue weighted by molar-refractivity contribution is 6.30. The predicted octanol–water partition coefficient (Wildman–Crippen LogP) is 4.45. The summed E-state index contributed by atoms with van der Waals surface area (Å²) in [6.07, 6.45) is 0.316. The van der Waals surface area contributed by atoms with Gasteiger partial charge in [0.2, 0.25) is 0 Å². The molecule has 2 aromatic carbocycles. The lowest BCUT2D eigenvalue weighted by Gasteiger charge is -2.24. The van der Waals surface area contributed by atoms with Crippen LogP contribution in [0.2, 0.25) is 5.02 Å². The summed E-state index contributed by atoms with van der Waals surface area (Å²) in [5.41, 5.74) is 2.30. The second kappa shape index (κ2) is 8.11. The Bertz CT molecular complexity index is 1190. The number of carbonyl (C=O) groups is 1. The Balaban J connectivity index is 1.76. The van der Waals surface area contributed by atoms with E-state index in [9.17, 15) is 9.90 Å². The van der Waals surface area contributed by atoms with Gasteiger partial charge < -0.3 is 19.3 Å². The van der Waals surface area contributed by atoms with E-state index in [0.717, 1.165) is 29.9 Å². The molecule has 1 aliphatic carbocycles. The van der Waals surface area contributed by atoms with E-state index in [1.807, 2.05) is 28.8 Å². The molecule has 0 saturated heterocycles. The highest BCUT2D eigenvalue weighted by atomic mass is 35.5. The van der Waals surface area contributed by atoms with Crippen LogP contribution >= 0.6 is 11.6 Å². The average Bonchev–Trinajstić information content (AvgIpc) is 3.55. The van der Waals surface area contributed by atoms with E-state index in [1.54, 1.807) is 26.4 Å². The Hall–Kier alpha value is -3.10. The van der Waals surface area contributed by atoms with E-state index in [4.69, 9.17) is 25.8 Å². The van der Waals surface area contributed by atoms with Gasteiger partial charge in [-0.25, -0.2) is 0 Å². The van der Waals surface area contributed by atoms with Crippen LogP contribution in [0, 0.1) is 0 Å². The van der Waals surface area contributed by atoms with Crippen molar-refractivity contribution < 1.29 is 24.1 Å². The molecule has 32 heavy (non-hydrogen) atoms. The molecule has 8 nitrogen and oxygen atoms in total. The maximum atomic E-state index is 11.7. The first kappa shape index (κ1) is 20.8. The molecule has 2 heterocycles. The number of ether oxygens (including phenoxy) is 3. The first-order valence-corrected chi connectivity index (χ1v) is 10.7. The van der Waals surface area contributed by atoms with Gasteiger partial charge in [-0.05, 0) is 37.1 Å². The Morgan fingerprint density at radius 1 is 1.16 bits per heavy atom. The van der Waals surface area contributed by atoms with Gasteiger partial charge in [-0.15, -0.1) is 10.2 Å².